The number of alkyl halides is 3. The topological polar surface area (TPSA) is 32.3 Å². The van der Waals surface area contributed by atoms with Crippen molar-refractivity contribution in [2.75, 3.05) is 31.1 Å². The molecule has 4 rings (SSSR count). The number of aromatic nitrogens is 2. The summed E-state index contributed by atoms with van der Waals surface area (Å²) in [5.41, 5.74) is 0.416. The van der Waals surface area contributed by atoms with Crippen LogP contribution in [0.3, 0.4) is 0 Å². The van der Waals surface area contributed by atoms with Gasteiger partial charge in [-0.2, -0.15) is 13.2 Å². The molecule has 2 aliphatic rings. The minimum atomic E-state index is -4.38. The zero-order valence-corrected chi connectivity index (χ0v) is 15.1. The third-order valence-corrected chi connectivity index (χ3v) is 5.75. The van der Waals surface area contributed by atoms with Gasteiger partial charge in [-0.1, -0.05) is 6.07 Å². The van der Waals surface area contributed by atoms with E-state index in [4.69, 9.17) is 0 Å². The second-order valence-corrected chi connectivity index (χ2v) is 7.33. The van der Waals surface area contributed by atoms with Gasteiger partial charge < -0.3 is 4.90 Å². The number of pyridine rings is 2. The molecule has 0 aromatic carbocycles. The molecule has 7 heteroatoms. The minimum absolute atomic E-state index is 0.0695. The lowest BCUT2D eigenvalue weighted by molar-refractivity contribution is -0.137. The summed E-state index contributed by atoms with van der Waals surface area (Å²) in [7, 11) is 0. The Hall–Kier alpha value is -2.15. The normalized spacial score (nSPS) is 23.4. The van der Waals surface area contributed by atoms with E-state index >= 15 is 0 Å². The molecule has 2 atom stereocenters. The summed E-state index contributed by atoms with van der Waals surface area (Å²) in [5.74, 6) is 0.628. The van der Waals surface area contributed by atoms with Crippen LogP contribution in [0.5, 0.6) is 0 Å². The molecule has 4 heterocycles. The molecule has 0 saturated carbocycles. The SMILES string of the molecule is FC(F)(F)c1cccnc1N1CCC2CCN(CCc3ccccn3)C2C1. The van der Waals surface area contributed by atoms with E-state index in [1.807, 2.05) is 23.1 Å². The van der Waals surface area contributed by atoms with Gasteiger partial charge in [0.2, 0.25) is 0 Å². The molecule has 2 unspecified atom stereocenters. The zero-order valence-electron chi connectivity index (χ0n) is 15.1. The molecule has 0 amide bonds. The Kier molecular flexibility index (Phi) is 5.04. The number of rotatable bonds is 4. The predicted molar refractivity (Wildman–Crippen MR) is 97.5 cm³/mol. The molecule has 0 bridgehead atoms. The van der Waals surface area contributed by atoms with Gasteiger partial charge in [-0.3, -0.25) is 9.88 Å². The summed E-state index contributed by atoms with van der Waals surface area (Å²) in [4.78, 5) is 12.7. The number of fused-ring (bicyclic) bond motifs is 1. The van der Waals surface area contributed by atoms with Crippen LogP contribution in [0.4, 0.5) is 19.0 Å². The number of nitrogens with zero attached hydrogens (tertiary/aromatic N) is 4. The third kappa shape index (κ3) is 3.93. The summed E-state index contributed by atoms with van der Waals surface area (Å²) >= 11 is 0. The first-order chi connectivity index (χ1) is 13.0. The van der Waals surface area contributed by atoms with Gasteiger partial charge >= 0.3 is 6.18 Å². The lowest BCUT2D eigenvalue weighted by Gasteiger charge is -2.39. The van der Waals surface area contributed by atoms with Crippen LogP contribution in [0.2, 0.25) is 0 Å². The molecule has 0 aliphatic carbocycles. The Morgan fingerprint density at radius 1 is 1.00 bits per heavy atom. The number of hydrogen-bond acceptors (Lipinski definition) is 4. The van der Waals surface area contributed by atoms with E-state index in [9.17, 15) is 13.2 Å². The molecular formula is C20H23F3N4. The molecule has 2 aromatic rings. The van der Waals surface area contributed by atoms with E-state index < -0.39 is 11.7 Å². The average Bonchev–Trinajstić information content (AvgIpc) is 3.09. The second kappa shape index (κ2) is 7.46. The molecule has 27 heavy (non-hydrogen) atoms. The highest BCUT2D eigenvalue weighted by atomic mass is 19.4. The number of piperidine rings is 1. The van der Waals surface area contributed by atoms with Gasteiger partial charge in [-0.25, -0.2) is 4.98 Å². The molecule has 4 nitrogen and oxygen atoms in total. The summed E-state index contributed by atoms with van der Waals surface area (Å²) in [6.07, 6.45) is 1.76. The third-order valence-electron chi connectivity index (χ3n) is 5.75. The maximum atomic E-state index is 13.4. The van der Waals surface area contributed by atoms with Crippen LogP contribution in [-0.2, 0) is 12.6 Å². The Labute approximate surface area is 157 Å². The van der Waals surface area contributed by atoms with E-state index in [1.54, 1.807) is 6.20 Å². The highest BCUT2D eigenvalue weighted by Gasteiger charge is 2.41. The van der Waals surface area contributed by atoms with Crippen LogP contribution in [0.1, 0.15) is 24.1 Å². The highest BCUT2D eigenvalue weighted by Crippen LogP contribution is 2.38. The first-order valence-electron chi connectivity index (χ1n) is 9.43. The van der Waals surface area contributed by atoms with E-state index in [-0.39, 0.29) is 11.9 Å². The Balaban J connectivity index is 1.47. The van der Waals surface area contributed by atoms with Crippen molar-refractivity contribution in [3.63, 3.8) is 0 Å². The average molecular weight is 376 g/mol. The minimum Gasteiger partial charge on any atom is -0.355 e. The largest absolute Gasteiger partial charge is 0.419 e. The van der Waals surface area contributed by atoms with Crippen LogP contribution in [0.15, 0.2) is 42.7 Å². The molecule has 2 aromatic heterocycles. The fraction of sp³-hybridized carbons (Fsp3) is 0.500. The molecule has 0 spiro atoms. The first kappa shape index (κ1) is 18.2. The number of anilines is 1. The predicted octanol–water partition coefficient (Wildman–Crippen LogP) is 3.64. The van der Waals surface area contributed by atoms with E-state index in [2.05, 4.69) is 14.9 Å². The van der Waals surface area contributed by atoms with Crippen LogP contribution < -0.4 is 4.90 Å². The van der Waals surface area contributed by atoms with Crippen molar-refractivity contribution in [3.05, 3.63) is 54.0 Å². The van der Waals surface area contributed by atoms with Crippen molar-refractivity contribution < 1.29 is 13.2 Å². The number of likely N-dealkylation sites (tertiary alicyclic amines) is 1. The molecule has 2 aliphatic heterocycles. The van der Waals surface area contributed by atoms with Crippen molar-refractivity contribution >= 4 is 5.82 Å². The Morgan fingerprint density at radius 3 is 2.59 bits per heavy atom. The monoisotopic (exact) mass is 376 g/mol. The smallest absolute Gasteiger partial charge is 0.355 e. The van der Waals surface area contributed by atoms with E-state index in [0.717, 1.165) is 44.1 Å². The Morgan fingerprint density at radius 2 is 1.81 bits per heavy atom. The molecular weight excluding hydrogens is 353 g/mol. The molecule has 2 saturated heterocycles. The summed E-state index contributed by atoms with van der Waals surface area (Å²) in [5, 5.41) is 0. The molecule has 2 fully saturated rings. The highest BCUT2D eigenvalue weighted by molar-refractivity contribution is 5.49. The fourth-order valence-electron chi connectivity index (χ4n) is 4.37. The summed E-state index contributed by atoms with van der Waals surface area (Å²) in [6, 6.07) is 8.67. The quantitative estimate of drug-likeness (QED) is 0.816. The van der Waals surface area contributed by atoms with Gasteiger partial charge in [-0.05, 0) is 49.6 Å². The van der Waals surface area contributed by atoms with E-state index in [0.29, 0.717) is 19.0 Å². The van der Waals surface area contributed by atoms with Crippen LogP contribution in [0.25, 0.3) is 0 Å². The van der Waals surface area contributed by atoms with Crippen molar-refractivity contribution in [2.24, 2.45) is 5.92 Å². The van der Waals surface area contributed by atoms with Gasteiger partial charge in [0.15, 0.2) is 0 Å². The molecule has 0 radical (unpaired) electrons. The van der Waals surface area contributed by atoms with Gasteiger partial charge in [0.1, 0.15) is 5.82 Å². The molecule has 0 N–H and O–H groups in total. The van der Waals surface area contributed by atoms with Crippen LogP contribution in [-0.4, -0.2) is 47.1 Å². The van der Waals surface area contributed by atoms with Crippen molar-refractivity contribution in [1.29, 1.82) is 0 Å². The van der Waals surface area contributed by atoms with Crippen molar-refractivity contribution in [2.45, 2.75) is 31.5 Å². The zero-order chi connectivity index (χ0) is 18.9. The van der Waals surface area contributed by atoms with Crippen LogP contribution >= 0.6 is 0 Å². The lowest BCUT2D eigenvalue weighted by Crippen LogP contribution is -2.49. The summed E-state index contributed by atoms with van der Waals surface area (Å²) in [6.45, 7) is 3.13. The maximum absolute atomic E-state index is 13.4. The standard InChI is InChI=1S/C20H23F3N4/c21-20(22,23)17-5-3-10-25-19(17)27-12-7-15-6-11-26(18(15)14-27)13-8-16-4-1-2-9-24-16/h1-5,9-10,15,18H,6-8,11-14H2. The second-order valence-electron chi connectivity index (χ2n) is 7.33. The number of hydrogen-bond donors (Lipinski definition) is 0. The van der Waals surface area contributed by atoms with Gasteiger partial charge in [0, 0.05) is 50.2 Å². The summed E-state index contributed by atoms with van der Waals surface area (Å²) < 4.78 is 40.1. The van der Waals surface area contributed by atoms with Gasteiger partial charge in [-0.15, -0.1) is 0 Å². The maximum Gasteiger partial charge on any atom is 0.419 e. The fourth-order valence-corrected chi connectivity index (χ4v) is 4.37. The molecule has 144 valence electrons. The Bertz CT molecular complexity index is 765. The van der Waals surface area contributed by atoms with Gasteiger partial charge in [0.25, 0.3) is 0 Å². The van der Waals surface area contributed by atoms with Crippen molar-refractivity contribution in [3.8, 4) is 0 Å². The van der Waals surface area contributed by atoms with Crippen LogP contribution in [0, 0.1) is 5.92 Å². The lowest BCUT2D eigenvalue weighted by atomic mass is 9.92. The van der Waals surface area contributed by atoms with E-state index in [1.165, 1.54) is 12.3 Å². The van der Waals surface area contributed by atoms with Gasteiger partial charge in [0.05, 0.1) is 5.56 Å². The number of halogens is 3. The van der Waals surface area contributed by atoms with Crippen molar-refractivity contribution in [1.82, 2.24) is 14.9 Å². The first-order valence-corrected chi connectivity index (χ1v) is 9.43.